The highest BCUT2D eigenvalue weighted by Crippen LogP contribution is 2.24. The summed E-state index contributed by atoms with van der Waals surface area (Å²) in [7, 11) is 0. The third-order valence-electron chi connectivity index (χ3n) is 3.22. The van der Waals surface area contributed by atoms with Crippen LogP contribution in [0.2, 0.25) is 0 Å². The molecule has 0 N–H and O–H groups in total. The molecule has 0 bridgehead atoms. The molecular formula is C17H17BrO2. The summed E-state index contributed by atoms with van der Waals surface area (Å²) in [5, 5.41) is 0. The van der Waals surface area contributed by atoms with Crippen molar-refractivity contribution < 1.29 is 9.53 Å². The van der Waals surface area contributed by atoms with Gasteiger partial charge in [-0.1, -0.05) is 33.6 Å². The summed E-state index contributed by atoms with van der Waals surface area (Å²) < 4.78 is 6.48. The van der Waals surface area contributed by atoms with Gasteiger partial charge in [0.15, 0.2) is 0 Å². The lowest BCUT2D eigenvalue weighted by molar-refractivity contribution is 0.0733. The van der Waals surface area contributed by atoms with Gasteiger partial charge in [0, 0.05) is 4.47 Å². The fourth-order valence-corrected chi connectivity index (χ4v) is 2.59. The predicted octanol–water partition coefficient (Wildman–Crippen LogP) is 4.90. The lowest BCUT2D eigenvalue weighted by Gasteiger charge is -2.11. The third-order valence-corrected chi connectivity index (χ3v) is 4.11. The Hall–Kier alpha value is -1.61. The van der Waals surface area contributed by atoms with Gasteiger partial charge in [-0.3, -0.25) is 0 Å². The number of rotatable bonds is 2. The zero-order valence-corrected chi connectivity index (χ0v) is 13.7. The van der Waals surface area contributed by atoms with Crippen LogP contribution in [0, 0.1) is 27.7 Å². The number of carbonyl (C=O) groups is 1. The van der Waals surface area contributed by atoms with Gasteiger partial charge in [0.05, 0.1) is 5.56 Å². The largest absolute Gasteiger partial charge is 0.423 e. The number of hydrogen-bond donors (Lipinski definition) is 0. The zero-order valence-electron chi connectivity index (χ0n) is 12.1. The quantitative estimate of drug-likeness (QED) is 0.577. The normalized spacial score (nSPS) is 10.4. The Balaban J connectivity index is 2.31. The summed E-state index contributed by atoms with van der Waals surface area (Å²) in [4.78, 5) is 12.3. The average molecular weight is 333 g/mol. The minimum absolute atomic E-state index is 0.304. The monoisotopic (exact) mass is 332 g/mol. The number of carbonyl (C=O) groups excluding carboxylic acids is 1. The summed E-state index contributed by atoms with van der Waals surface area (Å²) in [6.45, 7) is 7.85. The highest BCUT2D eigenvalue weighted by molar-refractivity contribution is 9.10. The molecule has 2 aromatic carbocycles. The second kappa shape index (κ2) is 5.80. The Morgan fingerprint density at radius 2 is 1.55 bits per heavy atom. The first-order chi connectivity index (χ1) is 9.38. The molecule has 0 heterocycles. The minimum atomic E-state index is -0.304. The van der Waals surface area contributed by atoms with Crippen LogP contribution in [0.25, 0.3) is 0 Å². The molecule has 0 aliphatic heterocycles. The molecule has 0 radical (unpaired) electrons. The van der Waals surface area contributed by atoms with Gasteiger partial charge >= 0.3 is 5.97 Å². The summed E-state index contributed by atoms with van der Waals surface area (Å²) in [6, 6.07) is 9.51. The maximum atomic E-state index is 12.3. The van der Waals surface area contributed by atoms with Crippen LogP contribution in [0.3, 0.4) is 0 Å². The second-order valence-electron chi connectivity index (χ2n) is 5.07. The fourth-order valence-electron chi connectivity index (χ4n) is 2.34. The van der Waals surface area contributed by atoms with E-state index in [4.69, 9.17) is 4.74 Å². The molecule has 0 saturated carbocycles. The third kappa shape index (κ3) is 3.10. The summed E-state index contributed by atoms with van der Waals surface area (Å²) in [5.41, 5.74) is 4.72. The first kappa shape index (κ1) is 14.8. The van der Waals surface area contributed by atoms with Crippen LogP contribution in [0.15, 0.2) is 34.8 Å². The van der Waals surface area contributed by atoms with Gasteiger partial charge in [-0.25, -0.2) is 4.79 Å². The first-order valence-corrected chi connectivity index (χ1v) is 7.24. The number of ether oxygens (including phenoxy) is 1. The van der Waals surface area contributed by atoms with Crippen LogP contribution in [-0.4, -0.2) is 5.97 Å². The molecule has 0 spiro atoms. The molecule has 2 aromatic rings. The van der Waals surface area contributed by atoms with Crippen molar-refractivity contribution in [2.75, 3.05) is 0 Å². The van der Waals surface area contributed by atoms with E-state index in [1.54, 1.807) is 6.07 Å². The van der Waals surface area contributed by atoms with Gasteiger partial charge in [-0.15, -0.1) is 0 Å². The number of aryl methyl sites for hydroxylation is 4. The van der Waals surface area contributed by atoms with Crippen LogP contribution < -0.4 is 4.74 Å². The van der Waals surface area contributed by atoms with E-state index in [-0.39, 0.29) is 5.97 Å². The van der Waals surface area contributed by atoms with Crippen LogP contribution in [-0.2, 0) is 0 Å². The molecule has 0 unspecified atom stereocenters. The number of hydrogen-bond acceptors (Lipinski definition) is 2. The second-order valence-corrected chi connectivity index (χ2v) is 5.93. The van der Waals surface area contributed by atoms with Crippen molar-refractivity contribution in [1.29, 1.82) is 0 Å². The van der Waals surface area contributed by atoms with Gasteiger partial charge in [-0.05, 0) is 62.6 Å². The van der Waals surface area contributed by atoms with E-state index in [1.165, 1.54) is 0 Å². The molecule has 2 rings (SSSR count). The molecule has 0 saturated heterocycles. The van der Waals surface area contributed by atoms with E-state index < -0.39 is 0 Å². The van der Waals surface area contributed by atoms with E-state index >= 15 is 0 Å². The van der Waals surface area contributed by atoms with Gasteiger partial charge in [-0.2, -0.15) is 0 Å². The SMILES string of the molecule is Cc1cc(C)c(C(=O)Oc2ccc(Br)c(C)c2)c(C)c1. The molecule has 2 nitrogen and oxygen atoms in total. The summed E-state index contributed by atoms with van der Waals surface area (Å²) in [5.74, 6) is 0.261. The lowest BCUT2D eigenvalue weighted by atomic mass is 10.00. The number of benzene rings is 2. The average Bonchev–Trinajstić information content (AvgIpc) is 2.32. The van der Waals surface area contributed by atoms with Gasteiger partial charge in [0.2, 0.25) is 0 Å². The Bertz CT molecular complexity index is 652. The molecule has 0 aliphatic rings. The van der Waals surface area contributed by atoms with E-state index in [0.717, 1.165) is 26.7 Å². The summed E-state index contributed by atoms with van der Waals surface area (Å²) in [6.07, 6.45) is 0. The fraction of sp³-hybridized carbons (Fsp3) is 0.235. The zero-order chi connectivity index (χ0) is 14.9. The lowest BCUT2D eigenvalue weighted by Crippen LogP contribution is -2.12. The van der Waals surface area contributed by atoms with Gasteiger partial charge in [0.25, 0.3) is 0 Å². The van der Waals surface area contributed by atoms with E-state index in [9.17, 15) is 4.79 Å². The Labute approximate surface area is 127 Å². The van der Waals surface area contributed by atoms with Crippen molar-refractivity contribution in [3.05, 3.63) is 62.6 Å². The first-order valence-electron chi connectivity index (χ1n) is 6.44. The van der Waals surface area contributed by atoms with Crippen LogP contribution in [0.1, 0.15) is 32.6 Å². The standard InChI is InChI=1S/C17H17BrO2/c1-10-7-12(3)16(13(4)8-10)17(19)20-14-5-6-15(18)11(2)9-14/h5-9H,1-4H3. The van der Waals surface area contributed by atoms with Crippen molar-refractivity contribution in [2.45, 2.75) is 27.7 Å². The van der Waals surface area contributed by atoms with Crippen LogP contribution in [0.5, 0.6) is 5.75 Å². The van der Waals surface area contributed by atoms with Crippen molar-refractivity contribution in [2.24, 2.45) is 0 Å². The van der Waals surface area contributed by atoms with Crippen molar-refractivity contribution in [1.82, 2.24) is 0 Å². The topological polar surface area (TPSA) is 26.3 Å². The molecular weight excluding hydrogens is 316 g/mol. The van der Waals surface area contributed by atoms with Gasteiger partial charge < -0.3 is 4.74 Å². The molecule has 0 fully saturated rings. The van der Waals surface area contributed by atoms with Crippen LogP contribution in [0.4, 0.5) is 0 Å². The highest BCUT2D eigenvalue weighted by Gasteiger charge is 2.15. The maximum Gasteiger partial charge on any atom is 0.344 e. The minimum Gasteiger partial charge on any atom is -0.423 e. The van der Waals surface area contributed by atoms with Crippen molar-refractivity contribution >= 4 is 21.9 Å². The Morgan fingerprint density at radius 1 is 0.950 bits per heavy atom. The molecule has 0 aromatic heterocycles. The smallest absolute Gasteiger partial charge is 0.344 e. The van der Waals surface area contributed by atoms with E-state index in [2.05, 4.69) is 15.9 Å². The molecule has 104 valence electrons. The number of esters is 1. The van der Waals surface area contributed by atoms with Crippen molar-refractivity contribution in [3.8, 4) is 5.75 Å². The molecule has 0 atom stereocenters. The molecule has 0 aliphatic carbocycles. The summed E-state index contributed by atoms with van der Waals surface area (Å²) >= 11 is 3.43. The van der Waals surface area contributed by atoms with E-state index in [0.29, 0.717) is 11.3 Å². The maximum absolute atomic E-state index is 12.3. The Morgan fingerprint density at radius 3 is 2.10 bits per heavy atom. The Kier molecular flexibility index (Phi) is 4.29. The molecule has 3 heteroatoms. The van der Waals surface area contributed by atoms with Gasteiger partial charge in [0.1, 0.15) is 5.75 Å². The number of halogens is 1. The predicted molar refractivity (Wildman–Crippen MR) is 84.5 cm³/mol. The molecule has 20 heavy (non-hydrogen) atoms. The van der Waals surface area contributed by atoms with Crippen molar-refractivity contribution in [3.63, 3.8) is 0 Å². The van der Waals surface area contributed by atoms with Crippen LogP contribution >= 0.6 is 15.9 Å². The highest BCUT2D eigenvalue weighted by atomic mass is 79.9. The van der Waals surface area contributed by atoms with E-state index in [1.807, 2.05) is 52.0 Å². The molecule has 0 amide bonds.